The van der Waals surface area contributed by atoms with Crippen LogP contribution in [0.15, 0.2) is 22.5 Å². The van der Waals surface area contributed by atoms with E-state index in [1.54, 1.807) is 11.3 Å². The zero-order chi connectivity index (χ0) is 16.2. The minimum absolute atomic E-state index is 0. The van der Waals surface area contributed by atoms with Crippen molar-refractivity contribution in [3.8, 4) is 0 Å². The molecule has 0 spiro atoms. The Morgan fingerprint density at radius 1 is 1.35 bits per heavy atom. The summed E-state index contributed by atoms with van der Waals surface area (Å²) in [4.78, 5) is 5.75. The third-order valence-electron chi connectivity index (χ3n) is 2.81. The molecule has 134 valence electrons. The number of ether oxygens (including phenoxy) is 1. The summed E-state index contributed by atoms with van der Waals surface area (Å²) >= 11 is 1.76. The molecule has 1 aromatic heterocycles. The zero-order valence-electron chi connectivity index (χ0n) is 14.2. The highest BCUT2D eigenvalue weighted by atomic mass is 127. The van der Waals surface area contributed by atoms with E-state index in [2.05, 4.69) is 47.0 Å². The first-order chi connectivity index (χ1) is 10.6. The van der Waals surface area contributed by atoms with Crippen molar-refractivity contribution in [2.24, 2.45) is 10.9 Å². The first-order valence-corrected chi connectivity index (χ1v) is 8.80. The summed E-state index contributed by atoms with van der Waals surface area (Å²) in [5, 5.41) is 18.4. The summed E-state index contributed by atoms with van der Waals surface area (Å²) in [5.74, 6) is 1.22. The first kappa shape index (κ1) is 22.6. The maximum atomic E-state index is 9.87. The quantitative estimate of drug-likeness (QED) is 0.288. The van der Waals surface area contributed by atoms with Gasteiger partial charge in [-0.2, -0.15) is 0 Å². The molecule has 0 aliphatic rings. The summed E-state index contributed by atoms with van der Waals surface area (Å²) in [6.45, 7) is 9.16. The van der Waals surface area contributed by atoms with Crippen LogP contribution < -0.4 is 10.6 Å². The average Bonchev–Trinajstić information content (AvgIpc) is 2.97. The van der Waals surface area contributed by atoms with Crippen LogP contribution in [0, 0.1) is 5.92 Å². The second-order valence-electron chi connectivity index (χ2n) is 5.56. The summed E-state index contributed by atoms with van der Waals surface area (Å²) in [6, 6.07) is 4.19. The highest BCUT2D eigenvalue weighted by molar-refractivity contribution is 14.0. The van der Waals surface area contributed by atoms with Crippen LogP contribution >= 0.6 is 35.3 Å². The van der Waals surface area contributed by atoms with Crippen LogP contribution in [0.2, 0.25) is 0 Å². The molecule has 0 saturated heterocycles. The molecule has 0 bridgehead atoms. The number of hydrogen-bond acceptors (Lipinski definition) is 4. The van der Waals surface area contributed by atoms with Crippen molar-refractivity contribution in [2.45, 2.75) is 33.3 Å². The number of halogens is 1. The van der Waals surface area contributed by atoms with Crippen LogP contribution in [0.4, 0.5) is 0 Å². The SMILES string of the molecule is CCNC(=NCC(O)COCC(C)C)NCCc1cccs1.I. The van der Waals surface area contributed by atoms with Gasteiger partial charge in [0, 0.05) is 24.6 Å². The standard InChI is InChI=1S/C16H29N3O2S.HI/c1-4-17-16(18-8-7-15-6-5-9-22-15)19-10-14(20)12-21-11-13(2)3;/h5-6,9,13-14,20H,4,7-8,10-12H2,1-3H3,(H2,17,18,19);1H. The number of nitrogens with zero attached hydrogens (tertiary/aromatic N) is 1. The Balaban J connectivity index is 0.00000484. The molecule has 0 amide bonds. The highest BCUT2D eigenvalue weighted by Gasteiger charge is 2.05. The predicted octanol–water partition coefficient (Wildman–Crippen LogP) is 2.50. The number of thiophene rings is 1. The van der Waals surface area contributed by atoms with Crippen LogP contribution in [-0.4, -0.2) is 50.0 Å². The molecule has 0 fully saturated rings. The number of guanidine groups is 1. The molecule has 23 heavy (non-hydrogen) atoms. The van der Waals surface area contributed by atoms with Gasteiger partial charge in [-0.3, -0.25) is 4.99 Å². The number of nitrogens with one attached hydrogen (secondary N) is 2. The highest BCUT2D eigenvalue weighted by Crippen LogP contribution is 2.07. The third kappa shape index (κ3) is 11.7. The smallest absolute Gasteiger partial charge is 0.191 e. The lowest BCUT2D eigenvalue weighted by atomic mass is 10.2. The third-order valence-corrected chi connectivity index (χ3v) is 3.75. The Kier molecular flexibility index (Phi) is 13.8. The minimum Gasteiger partial charge on any atom is -0.389 e. The minimum atomic E-state index is -0.563. The predicted molar refractivity (Wildman–Crippen MR) is 109 cm³/mol. The van der Waals surface area contributed by atoms with E-state index in [-0.39, 0.29) is 24.0 Å². The molecule has 3 N–H and O–H groups in total. The Morgan fingerprint density at radius 3 is 2.74 bits per heavy atom. The van der Waals surface area contributed by atoms with Gasteiger partial charge in [0.05, 0.1) is 19.3 Å². The molecule has 0 radical (unpaired) electrons. The molecule has 1 aromatic rings. The molecular formula is C16H30IN3O2S. The van der Waals surface area contributed by atoms with Gasteiger partial charge in [-0.05, 0) is 30.7 Å². The molecule has 0 aromatic carbocycles. The van der Waals surface area contributed by atoms with Crippen LogP contribution in [0.25, 0.3) is 0 Å². The molecule has 0 aliphatic heterocycles. The van der Waals surface area contributed by atoms with Crippen LogP contribution in [0.1, 0.15) is 25.6 Å². The van der Waals surface area contributed by atoms with Crippen molar-refractivity contribution in [2.75, 3.05) is 32.8 Å². The number of aliphatic imine (C=N–C) groups is 1. The fraction of sp³-hybridized carbons (Fsp3) is 0.688. The van der Waals surface area contributed by atoms with Crippen LogP contribution in [0.5, 0.6) is 0 Å². The lowest BCUT2D eigenvalue weighted by molar-refractivity contribution is 0.0301. The van der Waals surface area contributed by atoms with Crippen LogP contribution in [-0.2, 0) is 11.2 Å². The summed E-state index contributed by atoms with van der Waals surface area (Å²) < 4.78 is 5.42. The molecule has 7 heteroatoms. The van der Waals surface area contributed by atoms with Gasteiger partial charge < -0.3 is 20.5 Å². The fourth-order valence-electron chi connectivity index (χ4n) is 1.79. The van der Waals surface area contributed by atoms with E-state index in [9.17, 15) is 5.11 Å². The molecule has 0 saturated carbocycles. The maximum absolute atomic E-state index is 9.87. The molecule has 1 heterocycles. The largest absolute Gasteiger partial charge is 0.389 e. The lowest BCUT2D eigenvalue weighted by Crippen LogP contribution is -2.39. The number of aliphatic hydroxyl groups excluding tert-OH is 1. The van der Waals surface area contributed by atoms with E-state index in [1.165, 1.54) is 4.88 Å². The molecule has 1 rings (SSSR count). The van der Waals surface area contributed by atoms with Gasteiger partial charge in [0.25, 0.3) is 0 Å². The van der Waals surface area contributed by atoms with Crippen LogP contribution in [0.3, 0.4) is 0 Å². The summed E-state index contributed by atoms with van der Waals surface area (Å²) in [7, 11) is 0. The number of hydrogen-bond donors (Lipinski definition) is 3. The summed E-state index contributed by atoms with van der Waals surface area (Å²) in [5.41, 5.74) is 0. The second-order valence-corrected chi connectivity index (χ2v) is 6.59. The van der Waals surface area contributed by atoms with E-state index in [0.717, 1.165) is 25.5 Å². The van der Waals surface area contributed by atoms with E-state index in [1.807, 2.05) is 6.92 Å². The zero-order valence-corrected chi connectivity index (χ0v) is 17.4. The van der Waals surface area contributed by atoms with Gasteiger partial charge in [-0.25, -0.2) is 0 Å². The van der Waals surface area contributed by atoms with Crippen molar-refractivity contribution >= 4 is 41.3 Å². The monoisotopic (exact) mass is 455 g/mol. The van der Waals surface area contributed by atoms with Crippen molar-refractivity contribution < 1.29 is 9.84 Å². The summed E-state index contributed by atoms with van der Waals surface area (Å²) in [6.07, 6.45) is 0.411. The second kappa shape index (κ2) is 14.0. The maximum Gasteiger partial charge on any atom is 0.191 e. The van der Waals surface area contributed by atoms with Gasteiger partial charge >= 0.3 is 0 Å². The molecule has 1 unspecified atom stereocenters. The fourth-order valence-corrected chi connectivity index (χ4v) is 2.50. The molecular weight excluding hydrogens is 425 g/mol. The molecule has 0 aliphatic carbocycles. The molecule has 5 nitrogen and oxygen atoms in total. The van der Waals surface area contributed by atoms with E-state index >= 15 is 0 Å². The topological polar surface area (TPSA) is 65.9 Å². The Bertz CT molecular complexity index is 413. The Labute approximate surface area is 160 Å². The Hall–Kier alpha value is -0.380. The van der Waals surface area contributed by atoms with Crippen molar-refractivity contribution in [1.29, 1.82) is 0 Å². The van der Waals surface area contributed by atoms with Gasteiger partial charge in [-0.15, -0.1) is 35.3 Å². The lowest BCUT2D eigenvalue weighted by Gasteiger charge is -2.13. The first-order valence-electron chi connectivity index (χ1n) is 7.92. The van der Waals surface area contributed by atoms with E-state index in [4.69, 9.17) is 4.74 Å². The molecule has 1 atom stereocenters. The van der Waals surface area contributed by atoms with Crippen molar-refractivity contribution in [3.63, 3.8) is 0 Å². The average molecular weight is 455 g/mol. The van der Waals surface area contributed by atoms with Gasteiger partial charge in [0.1, 0.15) is 0 Å². The number of rotatable bonds is 10. The number of aliphatic hydroxyl groups is 1. The Morgan fingerprint density at radius 2 is 2.13 bits per heavy atom. The van der Waals surface area contributed by atoms with Gasteiger partial charge in [-0.1, -0.05) is 19.9 Å². The van der Waals surface area contributed by atoms with Crippen molar-refractivity contribution in [1.82, 2.24) is 10.6 Å². The van der Waals surface area contributed by atoms with Gasteiger partial charge in [0.15, 0.2) is 5.96 Å². The van der Waals surface area contributed by atoms with E-state index in [0.29, 0.717) is 25.7 Å². The van der Waals surface area contributed by atoms with E-state index < -0.39 is 6.10 Å². The van der Waals surface area contributed by atoms with Gasteiger partial charge in [0.2, 0.25) is 0 Å². The van der Waals surface area contributed by atoms with Crippen molar-refractivity contribution in [3.05, 3.63) is 22.4 Å². The normalized spacial score (nSPS) is 12.8.